The second kappa shape index (κ2) is 6.08. The number of aliphatic carboxylic acids is 1. The van der Waals surface area contributed by atoms with Gasteiger partial charge in [-0.15, -0.1) is 11.3 Å². The minimum absolute atomic E-state index is 0.0213. The van der Waals surface area contributed by atoms with Crippen LogP contribution >= 0.6 is 11.3 Å². The molecule has 23 heavy (non-hydrogen) atoms. The number of rotatable bonds is 5. The molecule has 2 aromatic heterocycles. The molecular formula is C16H18N2O4S. The van der Waals surface area contributed by atoms with E-state index >= 15 is 0 Å². The molecule has 0 spiro atoms. The van der Waals surface area contributed by atoms with E-state index in [4.69, 9.17) is 4.42 Å². The minimum Gasteiger partial charge on any atom is -0.481 e. The standard InChI is InChI=1S/C16H18N2O4S/c1-8-10(9(2)23-12(8)14-18-6-7-22-14)11(19)13(17-5)16(3,4)15(20)21/h6-7H,1-5H3,(H,20,21)/b17-13+. The van der Waals surface area contributed by atoms with Crippen molar-refractivity contribution in [1.29, 1.82) is 0 Å². The summed E-state index contributed by atoms with van der Waals surface area (Å²) in [5.41, 5.74) is -0.149. The summed E-state index contributed by atoms with van der Waals surface area (Å²) in [4.78, 5) is 34.0. The number of carboxylic acids is 1. The minimum atomic E-state index is -1.37. The number of carboxylic acid groups (broad SMARTS) is 1. The van der Waals surface area contributed by atoms with Gasteiger partial charge in [0, 0.05) is 17.5 Å². The van der Waals surface area contributed by atoms with Crippen molar-refractivity contribution in [3.05, 3.63) is 28.5 Å². The second-order valence-corrected chi connectivity index (χ2v) is 6.88. The fraction of sp³-hybridized carbons (Fsp3) is 0.375. The zero-order valence-electron chi connectivity index (χ0n) is 13.6. The van der Waals surface area contributed by atoms with Crippen LogP contribution in [0.4, 0.5) is 0 Å². The Balaban J connectivity index is 2.55. The fourth-order valence-electron chi connectivity index (χ4n) is 2.41. The Labute approximate surface area is 137 Å². The van der Waals surface area contributed by atoms with E-state index in [9.17, 15) is 14.7 Å². The van der Waals surface area contributed by atoms with E-state index in [0.717, 1.165) is 15.3 Å². The number of Topliss-reactive ketones (excluding diaryl/α,β-unsaturated/α-hetero) is 1. The van der Waals surface area contributed by atoms with Crippen molar-refractivity contribution in [2.45, 2.75) is 27.7 Å². The number of aryl methyl sites for hydroxylation is 1. The lowest BCUT2D eigenvalue weighted by Gasteiger charge is -2.20. The number of thiophene rings is 1. The Morgan fingerprint density at radius 1 is 1.35 bits per heavy atom. The van der Waals surface area contributed by atoms with Gasteiger partial charge in [0.1, 0.15) is 11.7 Å². The van der Waals surface area contributed by atoms with Gasteiger partial charge in [-0.05, 0) is 33.3 Å². The zero-order chi connectivity index (χ0) is 17.4. The maximum atomic E-state index is 12.9. The summed E-state index contributed by atoms with van der Waals surface area (Å²) in [5, 5.41) is 9.38. The van der Waals surface area contributed by atoms with Crippen molar-refractivity contribution < 1.29 is 19.1 Å². The lowest BCUT2D eigenvalue weighted by atomic mass is 9.82. The maximum absolute atomic E-state index is 12.9. The van der Waals surface area contributed by atoms with Gasteiger partial charge in [-0.1, -0.05) is 0 Å². The van der Waals surface area contributed by atoms with Crippen molar-refractivity contribution in [3.63, 3.8) is 0 Å². The number of hydrogen-bond donors (Lipinski definition) is 1. The molecule has 0 aliphatic rings. The van der Waals surface area contributed by atoms with Crippen molar-refractivity contribution in [1.82, 2.24) is 4.98 Å². The molecule has 0 fully saturated rings. The van der Waals surface area contributed by atoms with Crippen LogP contribution in [0.5, 0.6) is 0 Å². The third-order valence-corrected chi connectivity index (χ3v) is 4.94. The van der Waals surface area contributed by atoms with Crippen LogP contribution in [0, 0.1) is 19.3 Å². The quantitative estimate of drug-likeness (QED) is 0.668. The van der Waals surface area contributed by atoms with Crippen molar-refractivity contribution in [3.8, 4) is 10.8 Å². The Morgan fingerprint density at radius 2 is 2.00 bits per heavy atom. The molecular weight excluding hydrogens is 316 g/mol. The summed E-state index contributed by atoms with van der Waals surface area (Å²) >= 11 is 1.39. The molecule has 6 nitrogen and oxygen atoms in total. The molecule has 0 aromatic carbocycles. The Kier molecular flexibility index (Phi) is 4.51. The molecule has 0 saturated carbocycles. The third kappa shape index (κ3) is 2.84. The molecule has 0 saturated heterocycles. The number of ketones is 1. The highest BCUT2D eigenvalue weighted by Gasteiger charge is 2.39. The average Bonchev–Trinajstić information content (AvgIpc) is 3.07. The van der Waals surface area contributed by atoms with Gasteiger partial charge < -0.3 is 9.52 Å². The smallest absolute Gasteiger partial charge is 0.315 e. The lowest BCUT2D eigenvalue weighted by Crippen LogP contribution is -2.38. The lowest BCUT2D eigenvalue weighted by molar-refractivity contribution is -0.143. The van der Waals surface area contributed by atoms with Gasteiger partial charge in [0.25, 0.3) is 0 Å². The molecule has 0 unspecified atom stereocenters. The van der Waals surface area contributed by atoms with Gasteiger partial charge in [0.15, 0.2) is 0 Å². The first-order valence-electron chi connectivity index (χ1n) is 6.97. The predicted octanol–water partition coefficient (Wildman–Crippen LogP) is 3.38. The molecule has 2 aromatic rings. The van der Waals surface area contributed by atoms with Crippen molar-refractivity contribution in [2.75, 3.05) is 7.05 Å². The number of carbonyl (C=O) groups excluding carboxylic acids is 1. The van der Waals surface area contributed by atoms with E-state index < -0.39 is 11.4 Å². The zero-order valence-corrected chi connectivity index (χ0v) is 14.4. The van der Waals surface area contributed by atoms with Crippen LogP contribution in [0.1, 0.15) is 34.6 Å². The topological polar surface area (TPSA) is 92.8 Å². The van der Waals surface area contributed by atoms with Crippen molar-refractivity contribution >= 4 is 28.8 Å². The number of aromatic nitrogens is 1. The normalized spacial score (nSPS) is 12.5. The van der Waals surface area contributed by atoms with Crippen LogP contribution in [-0.2, 0) is 4.79 Å². The highest BCUT2D eigenvalue weighted by molar-refractivity contribution is 7.16. The Morgan fingerprint density at radius 3 is 2.48 bits per heavy atom. The van der Waals surface area contributed by atoms with Gasteiger partial charge in [-0.3, -0.25) is 14.6 Å². The van der Waals surface area contributed by atoms with E-state index in [1.807, 2.05) is 6.92 Å². The molecule has 0 amide bonds. The number of hydrogen-bond acceptors (Lipinski definition) is 6. The summed E-state index contributed by atoms with van der Waals surface area (Å²) < 4.78 is 5.30. The van der Waals surface area contributed by atoms with Crippen LogP contribution < -0.4 is 0 Å². The SMILES string of the molecule is C/N=C(\C(=O)c1c(C)sc(-c2ncco2)c1C)C(C)(C)C(=O)O. The largest absolute Gasteiger partial charge is 0.481 e. The maximum Gasteiger partial charge on any atom is 0.315 e. The van der Waals surface area contributed by atoms with Crippen molar-refractivity contribution in [2.24, 2.45) is 10.4 Å². The molecule has 2 rings (SSSR count). The summed E-state index contributed by atoms with van der Waals surface area (Å²) in [5.74, 6) is -1.02. The van der Waals surface area contributed by atoms with Gasteiger partial charge >= 0.3 is 5.97 Å². The molecule has 2 heterocycles. The summed E-state index contributed by atoms with van der Waals surface area (Å²) in [7, 11) is 1.43. The third-order valence-electron chi connectivity index (χ3n) is 3.74. The van der Waals surface area contributed by atoms with Gasteiger partial charge in [-0.25, -0.2) is 4.98 Å². The van der Waals surface area contributed by atoms with Crippen LogP contribution in [0.25, 0.3) is 10.8 Å². The highest BCUT2D eigenvalue weighted by Crippen LogP contribution is 2.36. The molecule has 0 aliphatic carbocycles. The first-order chi connectivity index (χ1) is 10.7. The highest BCUT2D eigenvalue weighted by atomic mass is 32.1. The number of aliphatic imine (C=N–C) groups is 1. The predicted molar refractivity (Wildman–Crippen MR) is 88.4 cm³/mol. The number of carbonyl (C=O) groups is 2. The van der Waals surface area contributed by atoms with E-state index in [0.29, 0.717) is 11.5 Å². The molecule has 7 heteroatoms. The van der Waals surface area contributed by atoms with E-state index in [2.05, 4.69) is 9.98 Å². The van der Waals surface area contributed by atoms with Crippen LogP contribution in [0.2, 0.25) is 0 Å². The monoisotopic (exact) mass is 334 g/mol. The van der Waals surface area contributed by atoms with E-state index in [1.54, 1.807) is 6.92 Å². The molecule has 1 N–H and O–H groups in total. The molecule has 0 bridgehead atoms. The van der Waals surface area contributed by atoms with Crippen LogP contribution in [0.15, 0.2) is 21.9 Å². The van der Waals surface area contributed by atoms with Crippen LogP contribution in [0.3, 0.4) is 0 Å². The number of nitrogens with zero attached hydrogens (tertiary/aromatic N) is 2. The van der Waals surface area contributed by atoms with Gasteiger partial charge in [-0.2, -0.15) is 0 Å². The Hall–Kier alpha value is -2.28. The average molecular weight is 334 g/mol. The molecule has 122 valence electrons. The van der Waals surface area contributed by atoms with Gasteiger partial charge in [0.2, 0.25) is 11.7 Å². The Bertz CT molecular complexity index is 785. The van der Waals surface area contributed by atoms with Crippen LogP contribution in [-0.4, -0.2) is 34.6 Å². The summed E-state index contributed by atoms with van der Waals surface area (Å²) in [6.45, 7) is 6.57. The van der Waals surface area contributed by atoms with E-state index in [1.165, 1.54) is 44.7 Å². The first kappa shape index (κ1) is 17.1. The fourth-order valence-corrected chi connectivity index (χ4v) is 3.51. The summed E-state index contributed by atoms with van der Waals surface area (Å²) in [6, 6.07) is 0. The molecule has 0 aliphatic heterocycles. The first-order valence-corrected chi connectivity index (χ1v) is 7.78. The molecule has 0 atom stereocenters. The number of oxazole rings is 1. The van der Waals surface area contributed by atoms with E-state index in [-0.39, 0.29) is 11.5 Å². The van der Waals surface area contributed by atoms with Gasteiger partial charge in [0.05, 0.1) is 16.8 Å². The summed E-state index contributed by atoms with van der Waals surface area (Å²) in [6.07, 6.45) is 3.01. The molecule has 0 radical (unpaired) electrons. The second-order valence-electron chi connectivity index (χ2n) is 5.66.